The number of amides is 3. The molecule has 0 radical (unpaired) electrons. The molecule has 1 rings (SSSR count). The van der Waals surface area contributed by atoms with E-state index in [0.717, 1.165) is 18.1 Å². The van der Waals surface area contributed by atoms with E-state index in [4.69, 9.17) is 0 Å². The Bertz CT molecular complexity index is 450. The normalized spacial score (nSPS) is 10.4. The van der Waals surface area contributed by atoms with Gasteiger partial charge in [-0.3, -0.25) is 10.1 Å². The van der Waals surface area contributed by atoms with Crippen molar-refractivity contribution in [3.05, 3.63) is 0 Å². The first-order valence-electron chi connectivity index (χ1n) is 6.31. The van der Waals surface area contributed by atoms with Crippen LogP contribution < -0.4 is 16.0 Å². The molecule has 0 aliphatic carbocycles. The minimum Gasteiger partial charge on any atom is -0.360 e. The number of nitrogens with zero attached hydrogens (tertiary/aromatic N) is 2. The highest BCUT2D eigenvalue weighted by Gasteiger charge is 2.11. The van der Waals surface area contributed by atoms with E-state index in [2.05, 4.69) is 33.1 Å². The Kier molecular flexibility index (Phi) is 7.31. The van der Waals surface area contributed by atoms with Crippen molar-refractivity contribution in [3.63, 3.8) is 0 Å². The molecule has 0 aliphatic rings. The number of anilines is 1. The molecule has 3 amide bonds. The van der Waals surface area contributed by atoms with Gasteiger partial charge in [0, 0.05) is 12.6 Å². The average Bonchev–Trinajstić information content (AvgIpc) is 2.80. The number of carbonyl (C=O) groups excluding carboxylic acids is 2. The van der Waals surface area contributed by atoms with E-state index in [9.17, 15) is 9.59 Å². The van der Waals surface area contributed by atoms with Crippen LogP contribution in [0.1, 0.15) is 27.2 Å². The van der Waals surface area contributed by atoms with Crippen molar-refractivity contribution < 1.29 is 9.59 Å². The molecule has 1 aromatic rings. The largest absolute Gasteiger partial charge is 0.360 e. The quantitative estimate of drug-likeness (QED) is 0.662. The van der Waals surface area contributed by atoms with E-state index < -0.39 is 6.03 Å². The second-order valence-corrected chi connectivity index (χ2v) is 6.46. The van der Waals surface area contributed by atoms with Crippen LogP contribution in [-0.2, 0) is 4.79 Å². The van der Waals surface area contributed by atoms with Crippen LogP contribution in [0.25, 0.3) is 0 Å². The highest BCUT2D eigenvalue weighted by Crippen LogP contribution is 2.25. The van der Waals surface area contributed by atoms with Crippen LogP contribution in [0.3, 0.4) is 0 Å². The predicted octanol–water partition coefficient (Wildman–Crippen LogP) is 1.69. The summed E-state index contributed by atoms with van der Waals surface area (Å²) in [4.78, 5) is 22.8. The molecular weight excluding hydrogens is 298 g/mol. The Hall–Kier alpha value is -1.35. The molecule has 7 nitrogen and oxygen atoms in total. The molecular formula is C11H19N5O2S2. The van der Waals surface area contributed by atoms with Gasteiger partial charge in [0.1, 0.15) is 0 Å². The van der Waals surface area contributed by atoms with Crippen molar-refractivity contribution in [1.29, 1.82) is 0 Å². The summed E-state index contributed by atoms with van der Waals surface area (Å²) in [7, 11) is 0. The topological polar surface area (TPSA) is 96.0 Å². The van der Waals surface area contributed by atoms with Gasteiger partial charge < -0.3 is 10.6 Å². The third-order valence-corrected chi connectivity index (χ3v) is 3.95. The van der Waals surface area contributed by atoms with E-state index >= 15 is 0 Å². The number of imide groups is 1. The molecule has 0 saturated heterocycles. The van der Waals surface area contributed by atoms with Crippen LogP contribution in [0.5, 0.6) is 0 Å². The maximum absolute atomic E-state index is 11.5. The first-order chi connectivity index (χ1) is 9.51. The smallest absolute Gasteiger partial charge is 0.321 e. The SMILES string of the molecule is CCCNc1nnc(SCC(=O)NC(=O)NC(C)C)s1. The standard InChI is InChI=1S/C11H19N5O2S2/c1-4-5-12-10-15-16-11(20-10)19-6-8(17)14-9(18)13-7(2)3/h7H,4-6H2,1-3H3,(H,12,15)(H2,13,14,17,18). The fraction of sp³-hybridized carbons (Fsp3) is 0.636. The first-order valence-corrected chi connectivity index (χ1v) is 8.12. The molecule has 0 fully saturated rings. The van der Waals surface area contributed by atoms with Gasteiger partial charge in [-0.05, 0) is 20.3 Å². The molecule has 0 saturated carbocycles. The summed E-state index contributed by atoms with van der Waals surface area (Å²) in [5.41, 5.74) is 0. The first kappa shape index (κ1) is 16.7. The number of nitrogens with one attached hydrogen (secondary N) is 3. The average molecular weight is 317 g/mol. The summed E-state index contributed by atoms with van der Waals surface area (Å²) >= 11 is 2.65. The monoisotopic (exact) mass is 317 g/mol. The molecule has 9 heteroatoms. The highest BCUT2D eigenvalue weighted by molar-refractivity contribution is 8.01. The van der Waals surface area contributed by atoms with Gasteiger partial charge in [-0.15, -0.1) is 10.2 Å². The lowest BCUT2D eigenvalue weighted by Crippen LogP contribution is -2.43. The van der Waals surface area contributed by atoms with Crippen molar-refractivity contribution in [2.24, 2.45) is 0 Å². The van der Waals surface area contributed by atoms with Crippen molar-refractivity contribution in [3.8, 4) is 0 Å². The number of urea groups is 1. The molecule has 1 aromatic heterocycles. The Balaban J connectivity index is 2.30. The van der Waals surface area contributed by atoms with Crippen molar-refractivity contribution in [1.82, 2.24) is 20.8 Å². The number of thioether (sulfide) groups is 1. The van der Waals surface area contributed by atoms with Crippen LogP contribution in [0.2, 0.25) is 0 Å². The number of rotatable bonds is 7. The number of hydrogen-bond donors (Lipinski definition) is 3. The molecule has 3 N–H and O–H groups in total. The summed E-state index contributed by atoms with van der Waals surface area (Å²) in [5.74, 6) is -0.222. The highest BCUT2D eigenvalue weighted by atomic mass is 32.2. The Labute approximate surface area is 126 Å². The maximum Gasteiger partial charge on any atom is 0.321 e. The summed E-state index contributed by atoms with van der Waals surface area (Å²) in [6.45, 7) is 6.56. The van der Waals surface area contributed by atoms with Gasteiger partial charge in [-0.1, -0.05) is 30.0 Å². The lowest BCUT2D eigenvalue weighted by Gasteiger charge is -2.08. The van der Waals surface area contributed by atoms with Gasteiger partial charge in [0.25, 0.3) is 0 Å². The molecule has 1 heterocycles. The zero-order valence-corrected chi connectivity index (χ0v) is 13.4. The summed E-state index contributed by atoms with van der Waals surface area (Å²) < 4.78 is 0.697. The predicted molar refractivity (Wildman–Crippen MR) is 81.2 cm³/mol. The van der Waals surface area contributed by atoms with Gasteiger partial charge in [0.05, 0.1) is 5.75 Å². The zero-order chi connectivity index (χ0) is 15.0. The maximum atomic E-state index is 11.5. The summed E-state index contributed by atoms with van der Waals surface area (Å²) in [6, 6.07) is -0.487. The second-order valence-electron chi connectivity index (χ2n) is 4.26. The second kappa shape index (κ2) is 8.75. The van der Waals surface area contributed by atoms with Crippen LogP contribution in [-0.4, -0.2) is 40.5 Å². The molecule has 0 bridgehead atoms. The van der Waals surface area contributed by atoms with E-state index in [0.29, 0.717) is 4.34 Å². The van der Waals surface area contributed by atoms with Gasteiger partial charge in [-0.25, -0.2) is 4.79 Å². The van der Waals surface area contributed by atoms with Crippen molar-refractivity contribution in [2.75, 3.05) is 17.6 Å². The van der Waals surface area contributed by atoms with Gasteiger partial charge in [-0.2, -0.15) is 0 Å². The summed E-state index contributed by atoms with van der Waals surface area (Å²) in [6.07, 6.45) is 1.01. The molecule has 0 aromatic carbocycles. The van der Waals surface area contributed by atoms with E-state index in [1.807, 2.05) is 13.8 Å². The lowest BCUT2D eigenvalue weighted by atomic mass is 10.4. The van der Waals surface area contributed by atoms with E-state index in [1.165, 1.54) is 23.1 Å². The number of hydrogen-bond acceptors (Lipinski definition) is 7. The zero-order valence-electron chi connectivity index (χ0n) is 11.7. The van der Waals surface area contributed by atoms with Crippen LogP contribution in [0.4, 0.5) is 9.93 Å². The van der Waals surface area contributed by atoms with Gasteiger partial charge >= 0.3 is 6.03 Å². The molecule has 112 valence electrons. The fourth-order valence-corrected chi connectivity index (χ4v) is 2.74. The number of carbonyl (C=O) groups is 2. The third kappa shape index (κ3) is 6.71. The fourth-order valence-electron chi connectivity index (χ4n) is 1.16. The van der Waals surface area contributed by atoms with Gasteiger partial charge in [0.15, 0.2) is 4.34 Å². The van der Waals surface area contributed by atoms with Crippen molar-refractivity contribution in [2.45, 2.75) is 37.6 Å². The Morgan fingerprint density at radius 2 is 2.10 bits per heavy atom. The van der Waals surface area contributed by atoms with Crippen molar-refractivity contribution >= 4 is 40.2 Å². The number of aromatic nitrogens is 2. The van der Waals surface area contributed by atoms with Crippen LogP contribution >= 0.6 is 23.1 Å². The minimum absolute atomic E-state index is 0.00851. The van der Waals surface area contributed by atoms with Crippen LogP contribution in [0.15, 0.2) is 4.34 Å². The molecule has 20 heavy (non-hydrogen) atoms. The van der Waals surface area contributed by atoms with E-state index in [1.54, 1.807) is 0 Å². The van der Waals surface area contributed by atoms with Crippen LogP contribution in [0, 0.1) is 0 Å². The molecule has 0 aliphatic heterocycles. The molecule has 0 spiro atoms. The Morgan fingerprint density at radius 1 is 1.35 bits per heavy atom. The Morgan fingerprint density at radius 3 is 2.75 bits per heavy atom. The van der Waals surface area contributed by atoms with E-state index in [-0.39, 0.29) is 17.7 Å². The lowest BCUT2D eigenvalue weighted by molar-refractivity contribution is -0.117. The molecule has 0 unspecified atom stereocenters. The summed E-state index contributed by atoms with van der Waals surface area (Å²) in [5, 5.41) is 16.6. The minimum atomic E-state index is -0.479. The van der Waals surface area contributed by atoms with Gasteiger partial charge in [0.2, 0.25) is 11.0 Å². The third-order valence-electron chi connectivity index (χ3n) is 1.93. The molecule has 0 atom stereocenters.